The molecule has 3 heterocycles. The molecule has 8 nitrogen and oxygen atoms in total. The smallest absolute Gasteiger partial charge is 0.252 e. The molecular formula is C28H26ClN7O. The van der Waals surface area contributed by atoms with Crippen LogP contribution < -0.4 is 21.7 Å². The number of H-pyrrole nitrogens is 1. The molecule has 1 saturated heterocycles. The maximum absolute atomic E-state index is 12.8. The van der Waals surface area contributed by atoms with E-state index < -0.39 is 5.91 Å². The first-order valence-electron chi connectivity index (χ1n) is 11.9. The van der Waals surface area contributed by atoms with Crippen molar-refractivity contribution in [1.82, 2.24) is 20.3 Å². The monoisotopic (exact) mass is 511 g/mol. The summed E-state index contributed by atoms with van der Waals surface area (Å²) in [5.41, 5.74) is 17.7. The van der Waals surface area contributed by atoms with E-state index in [1.807, 2.05) is 25.1 Å². The van der Waals surface area contributed by atoms with Crippen LogP contribution in [0.3, 0.4) is 0 Å². The van der Waals surface area contributed by atoms with E-state index in [0.717, 1.165) is 48.6 Å². The minimum atomic E-state index is -0.614. The van der Waals surface area contributed by atoms with Crippen LogP contribution in [0.1, 0.15) is 27.0 Å². The molecule has 0 aliphatic carbocycles. The highest BCUT2D eigenvalue weighted by molar-refractivity contribution is 6.31. The number of aromatic nitrogens is 3. The molecular weight excluding hydrogens is 486 g/mol. The van der Waals surface area contributed by atoms with Gasteiger partial charge in [0, 0.05) is 54.2 Å². The number of carbonyl (C=O) groups excluding carboxylic acids is 1. The van der Waals surface area contributed by atoms with Crippen LogP contribution in [-0.2, 0) is 0 Å². The lowest BCUT2D eigenvalue weighted by molar-refractivity contribution is 0.100. The van der Waals surface area contributed by atoms with Gasteiger partial charge >= 0.3 is 0 Å². The molecule has 0 spiro atoms. The van der Waals surface area contributed by atoms with Gasteiger partial charge in [0.05, 0.1) is 28.2 Å². The van der Waals surface area contributed by atoms with E-state index in [-0.39, 0.29) is 11.5 Å². The number of piperazine rings is 1. The number of rotatable bonds is 4. The van der Waals surface area contributed by atoms with Gasteiger partial charge < -0.3 is 26.7 Å². The summed E-state index contributed by atoms with van der Waals surface area (Å²) in [6.07, 6.45) is 1.55. The van der Waals surface area contributed by atoms with Crippen molar-refractivity contribution in [3.05, 3.63) is 82.0 Å². The Bertz CT molecular complexity index is 1530. The number of benzene rings is 2. The molecule has 4 aromatic rings. The number of halogens is 1. The highest BCUT2D eigenvalue weighted by Crippen LogP contribution is 2.35. The van der Waals surface area contributed by atoms with Gasteiger partial charge in [-0.25, -0.2) is 9.97 Å². The molecule has 5 rings (SSSR count). The fourth-order valence-corrected chi connectivity index (χ4v) is 4.63. The lowest BCUT2D eigenvalue weighted by Crippen LogP contribution is -2.43. The van der Waals surface area contributed by atoms with Gasteiger partial charge in [0.1, 0.15) is 0 Å². The van der Waals surface area contributed by atoms with E-state index in [1.165, 1.54) is 0 Å². The minimum absolute atomic E-state index is 0.107. The zero-order chi connectivity index (χ0) is 25.9. The number of aromatic amines is 1. The Balaban J connectivity index is 1.63. The number of amides is 1. The summed E-state index contributed by atoms with van der Waals surface area (Å²) in [6, 6.07) is 15.3. The molecule has 37 heavy (non-hydrogen) atoms. The molecule has 1 aliphatic heterocycles. The van der Waals surface area contributed by atoms with Crippen LogP contribution in [0, 0.1) is 18.8 Å². The fraction of sp³-hybridized carbons (Fsp3) is 0.179. The number of hydrogen-bond donors (Lipinski definition) is 4. The van der Waals surface area contributed by atoms with Crippen molar-refractivity contribution < 1.29 is 4.79 Å². The molecule has 0 radical (unpaired) electrons. The predicted octanol–water partition coefficient (Wildman–Crippen LogP) is 3.59. The van der Waals surface area contributed by atoms with Crippen LogP contribution in [0.4, 0.5) is 11.6 Å². The van der Waals surface area contributed by atoms with Gasteiger partial charge in [0.25, 0.3) is 5.91 Å². The third-order valence-electron chi connectivity index (χ3n) is 6.33. The number of nitrogens with two attached hydrogens (primary N) is 2. The summed E-state index contributed by atoms with van der Waals surface area (Å²) < 4.78 is 0. The number of aryl methyl sites for hydroxylation is 1. The highest BCUT2D eigenvalue weighted by atomic mass is 35.5. The first kappa shape index (κ1) is 24.4. The first-order valence-corrected chi connectivity index (χ1v) is 12.3. The van der Waals surface area contributed by atoms with Gasteiger partial charge in [-0.2, -0.15) is 0 Å². The quantitative estimate of drug-likeness (QED) is 0.310. The average Bonchev–Trinajstić information content (AvgIpc) is 3.29. The van der Waals surface area contributed by atoms with Crippen molar-refractivity contribution in [2.75, 3.05) is 36.8 Å². The molecule has 6 N–H and O–H groups in total. The van der Waals surface area contributed by atoms with Crippen LogP contribution in [-0.4, -0.2) is 47.0 Å². The van der Waals surface area contributed by atoms with Gasteiger partial charge in [-0.1, -0.05) is 29.5 Å². The topological polar surface area (TPSA) is 126 Å². The molecule has 0 bridgehead atoms. The Hall–Kier alpha value is -4.32. The number of primary amides is 1. The third-order valence-corrected chi connectivity index (χ3v) is 6.56. The molecule has 1 fully saturated rings. The summed E-state index contributed by atoms with van der Waals surface area (Å²) in [4.78, 5) is 26.8. The number of nitrogens with zero attached hydrogens (tertiary/aromatic N) is 3. The van der Waals surface area contributed by atoms with E-state index in [1.54, 1.807) is 24.4 Å². The number of hydrogen-bond acceptors (Lipinski definition) is 6. The van der Waals surface area contributed by atoms with Gasteiger partial charge in [-0.15, -0.1) is 0 Å². The van der Waals surface area contributed by atoms with E-state index in [2.05, 4.69) is 49.1 Å². The zero-order valence-corrected chi connectivity index (χ0v) is 21.1. The van der Waals surface area contributed by atoms with Crippen LogP contribution in [0.2, 0.25) is 5.02 Å². The Morgan fingerprint density at radius 1 is 1.05 bits per heavy atom. The molecule has 2 aromatic heterocycles. The zero-order valence-electron chi connectivity index (χ0n) is 20.3. The van der Waals surface area contributed by atoms with Gasteiger partial charge in [0.15, 0.2) is 0 Å². The third kappa shape index (κ3) is 5.14. The predicted molar refractivity (Wildman–Crippen MR) is 147 cm³/mol. The number of anilines is 2. The van der Waals surface area contributed by atoms with Crippen molar-refractivity contribution in [2.24, 2.45) is 5.73 Å². The average molecular weight is 512 g/mol. The van der Waals surface area contributed by atoms with Crippen molar-refractivity contribution in [3.63, 3.8) is 0 Å². The second-order valence-corrected chi connectivity index (χ2v) is 9.22. The standard InChI is InChI=1S/C28H26ClN7O/c1-17-2-6-19(29)16-22(17)26-24(27(30)37)21(25(35-26)23-10-11-33-28(31)34-23)9-5-18-3-7-20(8-4-18)36-14-12-32-13-15-36/h2-4,6-8,10-11,16,32,35H,12-15H2,1H3,(H2,30,37)(H2,31,33,34). The lowest BCUT2D eigenvalue weighted by Gasteiger charge is -2.29. The molecule has 1 aliphatic rings. The SMILES string of the molecule is Cc1ccc(Cl)cc1-c1[nH]c(-c2ccnc(N)n2)c(C#Cc2ccc(N3CCNCC3)cc2)c1C(N)=O. The normalized spacial score (nSPS) is 13.2. The molecule has 9 heteroatoms. The Kier molecular flexibility index (Phi) is 6.82. The maximum Gasteiger partial charge on any atom is 0.252 e. The summed E-state index contributed by atoms with van der Waals surface area (Å²) in [5, 5.41) is 3.90. The largest absolute Gasteiger partial charge is 0.369 e. The van der Waals surface area contributed by atoms with Gasteiger partial charge in [-0.05, 0) is 55.0 Å². The van der Waals surface area contributed by atoms with Crippen LogP contribution in [0.5, 0.6) is 0 Å². The van der Waals surface area contributed by atoms with Crippen LogP contribution in [0.25, 0.3) is 22.6 Å². The maximum atomic E-state index is 12.8. The highest BCUT2D eigenvalue weighted by Gasteiger charge is 2.24. The van der Waals surface area contributed by atoms with Gasteiger partial charge in [0.2, 0.25) is 5.95 Å². The molecule has 0 atom stereocenters. The van der Waals surface area contributed by atoms with Crippen molar-refractivity contribution in [1.29, 1.82) is 0 Å². The number of nitrogen functional groups attached to an aromatic ring is 1. The Labute approximate surface area is 220 Å². The number of nitrogens with one attached hydrogen (secondary N) is 2. The van der Waals surface area contributed by atoms with E-state index in [0.29, 0.717) is 27.7 Å². The molecule has 2 aromatic carbocycles. The fourth-order valence-electron chi connectivity index (χ4n) is 4.46. The van der Waals surface area contributed by atoms with Crippen LogP contribution >= 0.6 is 11.6 Å². The van der Waals surface area contributed by atoms with Crippen molar-refractivity contribution in [3.8, 4) is 34.5 Å². The summed E-state index contributed by atoms with van der Waals surface area (Å²) in [5.74, 6) is 5.87. The minimum Gasteiger partial charge on any atom is -0.369 e. The van der Waals surface area contributed by atoms with Gasteiger partial charge in [-0.3, -0.25) is 4.79 Å². The molecule has 1 amide bonds. The lowest BCUT2D eigenvalue weighted by atomic mass is 9.99. The Morgan fingerprint density at radius 2 is 1.81 bits per heavy atom. The number of carbonyl (C=O) groups is 1. The second-order valence-electron chi connectivity index (χ2n) is 8.78. The molecule has 0 unspecified atom stereocenters. The summed E-state index contributed by atoms with van der Waals surface area (Å²) in [6.45, 7) is 5.80. The van der Waals surface area contributed by atoms with E-state index in [9.17, 15) is 4.79 Å². The molecule has 0 saturated carbocycles. The van der Waals surface area contributed by atoms with Crippen molar-refractivity contribution in [2.45, 2.75) is 6.92 Å². The molecule has 186 valence electrons. The summed E-state index contributed by atoms with van der Waals surface area (Å²) in [7, 11) is 0. The van der Waals surface area contributed by atoms with Crippen molar-refractivity contribution >= 4 is 29.1 Å². The van der Waals surface area contributed by atoms with E-state index >= 15 is 0 Å². The van der Waals surface area contributed by atoms with Crippen LogP contribution in [0.15, 0.2) is 54.7 Å². The first-order chi connectivity index (χ1) is 17.9. The summed E-state index contributed by atoms with van der Waals surface area (Å²) >= 11 is 6.29. The van der Waals surface area contributed by atoms with E-state index in [4.69, 9.17) is 23.1 Å². The second kappa shape index (κ2) is 10.3. The Morgan fingerprint density at radius 3 is 2.51 bits per heavy atom.